The van der Waals surface area contributed by atoms with Gasteiger partial charge in [0.15, 0.2) is 5.65 Å². The molecule has 3 aromatic rings. The number of nitrogens with zero attached hydrogens (tertiary/aromatic N) is 4. The number of hydrogen-bond acceptors (Lipinski definition) is 9. The van der Waals surface area contributed by atoms with Crippen molar-refractivity contribution in [1.82, 2.24) is 15.0 Å². The number of fused-ring (bicyclic) bond motifs is 1. The maximum atomic E-state index is 9.64. The molecule has 0 radical (unpaired) electrons. The Bertz CT molecular complexity index is 1060. The van der Waals surface area contributed by atoms with Gasteiger partial charge in [-0.3, -0.25) is 0 Å². The van der Waals surface area contributed by atoms with Crippen molar-refractivity contribution in [2.75, 3.05) is 45.0 Å². The van der Waals surface area contributed by atoms with Crippen LogP contribution >= 0.6 is 0 Å². The number of rotatable bonds is 7. The monoisotopic (exact) mass is 426 g/mol. The van der Waals surface area contributed by atoms with Crippen LogP contribution in [0.2, 0.25) is 0 Å². The molecule has 1 atom stereocenters. The Morgan fingerprint density at radius 2 is 2.03 bits per heavy atom. The number of aromatic nitrogens is 3. The summed E-state index contributed by atoms with van der Waals surface area (Å²) in [4.78, 5) is 16.0. The van der Waals surface area contributed by atoms with Gasteiger partial charge in [0.1, 0.15) is 18.2 Å². The minimum absolute atomic E-state index is 0.0989. The first-order chi connectivity index (χ1) is 15.1. The molecule has 0 saturated carbocycles. The van der Waals surface area contributed by atoms with Crippen molar-refractivity contribution in [3.63, 3.8) is 0 Å². The highest BCUT2D eigenvalue weighted by molar-refractivity contribution is 5.89. The van der Waals surface area contributed by atoms with Gasteiger partial charge in [0.05, 0.1) is 50.7 Å². The molecule has 1 aromatic carbocycles. The molecule has 9 nitrogen and oxygen atoms in total. The highest BCUT2D eigenvalue weighted by Gasteiger charge is 2.24. The molecule has 2 aromatic heterocycles. The predicted molar refractivity (Wildman–Crippen MR) is 115 cm³/mol. The summed E-state index contributed by atoms with van der Waals surface area (Å²) in [6.45, 7) is 3.84. The van der Waals surface area contributed by atoms with E-state index in [9.17, 15) is 5.11 Å². The molecule has 3 heterocycles. The zero-order chi connectivity index (χ0) is 21.8. The summed E-state index contributed by atoms with van der Waals surface area (Å²) in [6, 6.07) is 9.73. The van der Waals surface area contributed by atoms with Gasteiger partial charge in [-0.25, -0.2) is 4.98 Å². The van der Waals surface area contributed by atoms with Gasteiger partial charge < -0.3 is 29.3 Å². The van der Waals surface area contributed by atoms with E-state index in [0.717, 1.165) is 16.8 Å². The summed E-state index contributed by atoms with van der Waals surface area (Å²) in [7, 11) is 1.57. The number of anilines is 1. The Balaban J connectivity index is 1.81. The largest absolute Gasteiger partial charge is 0.496 e. The minimum atomic E-state index is -0.134. The molecule has 0 spiro atoms. The molecule has 0 amide bonds. The van der Waals surface area contributed by atoms with Gasteiger partial charge in [0.25, 0.3) is 0 Å². The standard InChI is InChI=1S/C22H26N4O5/c1-14-13-30-9-7-26(14)21-17-4-5-18(15-3-6-19(29-2)16(11-15)12-28)23-20(17)24-22(25-21)31-10-8-27/h3-6,11,14,27-28H,7-10,12-13H2,1-2H3/t14-/m0/s1. The second-order valence-corrected chi connectivity index (χ2v) is 7.27. The van der Waals surface area contributed by atoms with Gasteiger partial charge in [-0.15, -0.1) is 0 Å². The number of pyridine rings is 1. The second-order valence-electron chi connectivity index (χ2n) is 7.27. The maximum absolute atomic E-state index is 9.64. The van der Waals surface area contributed by atoms with Crippen LogP contribution in [0.25, 0.3) is 22.3 Å². The maximum Gasteiger partial charge on any atom is 0.320 e. The van der Waals surface area contributed by atoms with Crippen molar-refractivity contribution < 1.29 is 24.4 Å². The van der Waals surface area contributed by atoms with E-state index in [4.69, 9.17) is 24.3 Å². The molecule has 2 N–H and O–H groups in total. The third-order valence-electron chi connectivity index (χ3n) is 5.23. The van der Waals surface area contributed by atoms with E-state index in [1.807, 2.05) is 30.3 Å². The molecule has 1 saturated heterocycles. The normalized spacial score (nSPS) is 16.5. The van der Waals surface area contributed by atoms with E-state index in [2.05, 4.69) is 21.8 Å². The van der Waals surface area contributed by atoms with Crippen LogP contribution in [0.1, 0.15) is 12.5 Å². The molecule has 0 bridgehead atoms. The van der Waals surface area contributed by atoms with Gasteiger partial charge in [-0.2, -0.15) is 9.97 Å². The van der Waals surface area contributed by atoms with Gasteiger partial charge in [-0.05, 0) is 37.3 Å². The summed E-state index contributed by atoms with van der Waals surface area (Å²) in [5.74, 6) is 1.36. The smallest absolute Gasteiger partial charge is 0.320 e. The summed E-state index contributed by atoms with van der Waals surface area (Å²) < 4.78 is 16.4. The lowest BCUT2D eigenvalue weighted by atomic mass is 10.1. The number of aliphatic hydroxyl groups excluding tert-OH is 2. The topological polar surface area (TPSA) is 110 Å². The fourth-order valence-corrected chi connectivity index (χ4v) is 3.66. The quantitative estimate of drug-likeness (QED) is 0.584. The first-order valence-electron chi connectivity index (χ1n) is 10.2. The highest BCUT2D eigenvalue weighted by atomic mass is 16.5. The molecule has 1 fully saturated rings. The molecule has 1 aliphatic rings. The molecule has 9 heteroatoms. The molecule has 1 aliphatic heterocycles. The predicted octanol–water partition coefficient (Wildman–Crippen LogP) is 1.79. The first-order valence-corrected chi connectivity index (χ1v) is 10.2. The summed E-state index contributed by atoms with van der Waals surface area (Å²) >= 11 is 0. The van der Waals surface area contributed by atoms with Crippen LogP contribution in [0.4, 0.5) is 5.82 Å². The van der Waals surface area contributed by atoms with Crippen LogP contribution in [0, 0.1) is 0 Å². The van der Waals surface area contributed by atoms with Gasteiger partial charge in [0.2, 0.25) is 0 Å². The van der Waals surface area contributed by atoms with Crippen LogP contribution in [0.5, 0.6) is 11.8 Å². The Hall–Kier alpha value is -3.01. The number of morpholine rings is 1. The van der Waals surface area contributed by atoms with Gasteiger partial charge in [-0.1, -0.05) is 0 Å². The highest BCUT2D eigenvalue weighted by Crippen LogP contribution is 2.31. The Kier molecular flexibility index (Phi) is 6.45. The second kappa shape index (κ2) is 9.42. The van der Waals surface area contributed by atoms with Crippen molar-refractivity contribution >= 4 is 16.9 Å². The molecule has 31 heavy (non-hydrogen) atoms. The number of methoxy groups -OCH3 is 1. The first kappa shape index (κ1) is 21.2. The number of hydrogen-bond donors (Lipinski definition) is 2. The fraction of sp³-hybridized carbons (Fsp3) is 0.409. The Morgan fingerprint density at radius 3 is 2.77 bits per heavy atom. The lowest BCUT2D eigenvalue weighted by molar-refractivity contribution is 0.0985. The van der Waals surface area contributed by atoms with Crippen molar-refractivity contribution in [2.45, 2.75) is 19.6 Å². The third kappa shape index (κ3) is 4.39. The van der Waals surface area contributed by atoms with E-state index < -0.39 is 0 Å². The lowest BCUT2D eigenvalue weighted by Gasteiger charge is -2.34. The van der Waals surface area contributed by atoms with Crippen molar-refractivity contribution in [3.05, 3.63) is 35.9 Å². The van der Waals surface area contributed by atoms with Crippen LogP contribution in [0.3, 0.4) is 0 Å². The van der Waals surface area contributed by atoms with Crippen molar-refractivity contribution in [3.8, 4) is 23.0 Å². The summed E-state index contributed by atoms with van der Waals surface area (Å²) in [5, 5.41) is 19.6. The van der Waals surface area contributed by atoms with E-state index in [1.54, 1.807) is 7.11 Å². The fourth-order valence-electron chi connectivity index (χ4n) is 3.66. The van der Waals surface area contributed by atoms with Crippen molar-refractivity contribution in [2.24, 2.45) is 0 Å². The molecule has 164 valence electrons. The molecular formula is C22H26N4O5. The number of benzene rings is 1. The average Bonchev–Trinajstić information content (AvgIpc) is 2.81. The Morgan fingerprint density at radius 1 is 1.16 bits per heavy atom. The van der Waals surface area contributed by atoms with E-state index in [-0.39, 0.29) is 31.9 Å². The number of ether oxygens (including phenoxy) is 3. The number of aliphatic hydroxyl groups is 2. The molecular weight excluding hydrogens is 400 g/mol. The zero-order valence-corrected chi connectivity index (χ0v) is 17.6. The van der Waals surface area contributed by atoms with Crippen LogP contribution < -0.4 is 14.4 Å². The molecule has 0 aliphatic carbocycles. The molecule has 4 rings (SSSR count). The molecule has 0 unspecified atom stereocenters. The van der Waals surface area contributed by atoms with Gasteiger partial charge in [0, 0.05) is 17.7 Å². The van der Waals surface area contributed by atoms with Gasteiger partial charge >= 0.3 is 6.01 Å². The van der Waals surface area contributed by atoms with E-state index in [0.29, 0.717) is 42.4 Å². The van der Waals surface area contributed by atoms with E-state index >= 15 is 0 Å². The van der Waals surface area contributed by atoms with Crippen LogP contribution in [-0.4, -0.2) is 71.3 Å². The van der Waals surface area contributed by atoms with Crippen molar-refractivity contribution in [1.29, 1.82) is 0 Å². The summed E-state index contributed by atoms with van der Waals surface area (Å²) in [6.07, 6.45) is 0. The SMILES string of the molecule is COc1ccc(-c2ccc3c(N4CCOC[C@@H]4C)nc(OCCO)nc3n2)cc1CO. The minimum Gasteiger partial charge on any atom is -0.496 e. The average molecular weight is 426 g/mol. The van der Waals surface area contributed by atoms with E-state index in [1.165, 1.54) is 0 Å². The van der Waals surface area contributed by atoms with Crippen LogP contribution in [0.15, 0.2) is 30.3 Å². The zero-order valence-electron chi connectivity index (χ0n) is 17.6. The lowest BCUT2D eigenvalue weighted by Crippen LogP contribution is -2.44. The summed E-state index contributed by atoms with van der Waals surface area (Å²) in [5.41, 5.74) is 2.72. The third-order valence-corrected chi connectivity index (χ3v) is 5.23. The Labute approximate surface area is 180 Å². The van der Waals surface area contributed by atoms with Crippen LogP contribution in [-0.2, 0) is 11.3 Å².